The van der Waals surface area contributed by atoms with Gasteiger partial charge in [0, 0.05) is 23.8 Å². The van der Waals surface area contributed by atoms with E-state index in [1.165, 1.54) is 11.5 Å². The minimum absolute atomic E-state index is 0.0541. The van der Waals surface area contributed by atoms with Gasteiger partial charge in [-0.25, -0.2) is 0 Å². The topological polar surface area (TPSA) is 46.1 Å². The SMILES string of the molecule is CCN(CCCBr)C(=O)c1snnc1C(C)(C)C. The number of aromatic nitrogens is 2. The van der Waals surface area contributed by atoms with Crippen LogP contribution >= 0.6 is 27.5 Å². The Morgan fingerprint density at radius 1 is 1.44 bits per heavy atom. The molecular weight excluding hydrogens is 314 g/mol. The summed E-state index contributed by atoms with van der Waals surface area (Å²) in [6.45, 7) is 9.63. The molecule has 1 rings (SSSR count). The molecule has 4 nitrogen and oxygen atoms in total. The number of hydrogen-bond acceptors (Lipinski definition) is 4. The van der Waals surface area contributed by atoms with E-state index in [1.54, 1.807) is 0 Å². The third-order valence-corrected chi connectivity index (χ3v) is 3.90. The normalized spacial score (nSPS) is 11.6. The molecule has 0 atom stereocenters. The first-order valence-corrected chi connectivity index (χ1v) is 7.99. The molecule has 1 aromatic rings. The number of halogens is 1. The van der Waals surface area contributed by atoms with Crippen molar-refractivity contribution in [1.29, 1.82) is 0 Å². The lowest BCUT2D eigenvalue weighted by Crippen LogP contribution is -2.33. The highest BCUT2D eigenvalue weighted by molar-refractivity contribution is 9.09. The van der Waals surface area contributed by atoms with Crippen molar-refractivity contribution < 1.29 is 4.79 Å². The average molecular weight is 334 g/mol. The van der Waals surface area contributed by atoms with E-state index in [0.717, 1.165) is 24.0 Å². The van der Waals surface area contributed by atoms with Gasteiger partial charge in [0.2, 0.25) is 0 Å². The van der Waals surface area contributed by atoms with Crippen LogP contribution in [0.1, 0.15) is 49.5 Å². The van der Waals surface area contributed by atoms with Crippen LogP contribution in [0.2, 0.25) is 0 Å². The molecule has 0 N–H and O–H groups in total. The first kappa shape index (κ1) is 15.6. The van der Waals surface area contributed by atoms with Gasteiger partial charge in [-0.3, -0.25) is 4.79 Å². The molecule has 6 heteroatoms. The lowest BCUT2D eigenvalue weighted by molar-refractivity contribution is 0.0767. The van der Waals surface area contributed by atoms with E-state index in [-0.39, 0.29) is 11.3 Å². The number of carbonyl (C=O) groups is 1. The van der Waals surface area contributed by atoms with Gasteiger partial charge in [0.05, 0.1) is 5.69 Å². The molecule has 0 unspecified atom stereocenters. The van der Waals surface area contributed by atoms with Gasteiger partial charge in [-0.1, -0.05) is 41.2 Å². The van der Waals surface area contributed by atoms with Gasteiger partial charge >= 0.3 is 0 Å². The maximum absolute atomic E-state index is 12.5. The Labute approximate surface area is 121 Å². The van der Waals surface area contributed by atoms with Gasteiger partial charge in [0.1, 0.15) is 4.88 Å². The quantitative estimate of drug-likeness (QED) is 0.778. The summed E-state index contributed by atoms with van der Waals surface area (Å²) in [6.07, 6.45) is 0.955. The van der Waals surface area contributed by atoms with Crippen molar-refractivity contribution >= 4 is 33.4 Å². The first-order valence-electron chi connectivity index (χ1n) is 6.09. The largest absolute Gasteiger partial charge is 0.338 e. The van der Waals surface area contributed by atoms with E-state index in [0.29, 0.717) is 11.4 Å². The number of carbonyl (C=O) groups excluding carboxylic acids is 1. The van der Waals surface area contributed by atoms with Crippen molar-refractivity contribution in [2.45, 2.75) is 39.5 Å². The fourth-order valence-electron chi connectivity index (χ4n) is 1.62. The van der Waals surface area contributed by atoms with E-state index in [9.17, 15) is 4.79 Å². The predicted octanol–water partition coefficient (Wildman–Crippen LogP) is 3.08. The lowest BCUT2D eigenvalue weighted by atomic mass is 9.91. The summed E-state index contributed by atoms with van der Waals surface area (Å²) < 4.78 is 3.94. The second-order valence-corrected chi connectivity index (χ2v) is 6.68. The molecule has 1 heterocycles. The molecule has 0 saturated heterocycles. The molecular formula is C12H20BrN3OS. The number of rotatable bonds is 5. The van der Waals surface area contributed by atoms with Gasteiger partial charge in [0.15, 0.2) is 0 Å². The van der Waals surface area contributed by atoms with Crippen LogP contribution in [0.4, 0.5) is 0 Å². The van der Waals surface area contributed by atoms with Gasteiger partial charge in [0.25, 0.3) is 5.91 Å². The van der Waals surface area contributed by atoms with Crippen LogP contribution in [0, 0.1) is 0 Å². The summed E-state index contributed by atoms with van der Waals surface area (Å²) in [5.74, 6) is 0.0541. The summed E-state index contributed by atoms with van der Waals surface area (Å²) in [5, 5.41) is 5.02. The molecule has 0 fully saturated rings. The highest BCUT2D eigenvalue weighted by Gasteiger charge is 2.28. The van der Waals surface area contributed by atoms with Crippen LogP contribution in [0.25, 0.3) is 0 Å². The Balaban J connectivity index is 2.92. The molecule has 0 bridgehead atoms. The molecule has 18 heavy (non-hydrogen) atoms. The molecule has 1 aromatic heterocycles. The van der Waals surface area contributed by atoms with Crippen molar-refractivity contribution in [2.75, 3.05) is 18.4 Å². The zero-order valence-electron chi connectivity index (χ0n) is 11.4. The Hall–Kier alpha value is -0.490. The van der Waals surface area contributed by atoms with Crippen molar-refractivity contribution in [3.63, 3.8) is 0 Å². The van der Waals surface area contributed by atoms with E-state index in [2.05, 4.69) is 46.3 Å². The third kappa shape index (κ3) is 3.75. The second kappa shape index (κ2) is 6.61. The Kier molecular flexibility index (Phi) is 5.72. The van der Waals surface area contributed by atoms with Crippen molar-refractivity contribution in [1.82, 2.24) is 14.5 Å². The van der Waals surface area contributed by atoms with Gasteiger partial charge in [-0.05, 0) is 24.9 Å². The molecule has 0 aliphatic rings. The second-order valence-electron chi connectivity index (χ2n) is 5.13. The molecule has 0 aromatic carbocycles. The smallest absolute Gasteiger partial charge is 0.267 e. The first-order chi connectivity index (χ1) is 8.41. The molecule has 102 valence electrons. The van der Waals surface area contributed by atoms with Gasteiger partial charge in [-0.2, -0.15) is 0 Å². The number of nitrogens with zero attached hydrogens (tertiary/aromatic N) is 3. The summed E-state index contributed by atoms with van der Waals surface area (Å²) in [7, 11) is 0. The van der Waals surface area contributed by atoms with Crippen LogP contribution in [0.5, 0.6) is 0 Å². The lowest BCUT2D eigenvalue weighted by Gasteiger charge is -2.22. The number of hydrogen-bond donors (Lipinski definition) is 0. The molecule has 0 aliphatic heterocycles. The minimum Gasteiger partial charge on any atom is -0.338 e. The molecule has 0 aliphatic carbocycles. The van der Waals surface area contributed by atoms with Crippen LogP contribution < -0.4 is 0 Å². The van der Waals surface area contributed by atoms with Crippen LogP contribution in [-0.2, 0) is 5.41 Å². The molecule has 0 saturated carbocycles. The maximum atomic E-state index is 12.5. The van der Waals surface area contributed by atoms with Gasteiger partial charge < -0.3 is 4.90 Å². The Bertz CT molecular complexity index is 400. The third-order valence-electron chi connectivity index (χ3n) is 2.62. The van der Waals surface area contributed by atoms with E-state index < -0.39 is 0 Å². The monoisotopic (exact) mass is 333 g/mol. The number of amides is 1. The highest BCUT2D eigenvalue weighted by atomic mass is 79.9. The average Bonchev–Trinajstić information content (AvgIpc) is 2.78. The fraction of sp³-hybridized carbons (Fsp3) is 0.750. The summed E-state index contributed by atoms with van der Waals surface area (Å²) in [4.78, 5) is 15.0. The van der Waals surface area contributed by atoms with E-state index >= 15 is 0 Å². The summed E-state index contributed by atoms with van der Waals surface area (Å²) in [5.41, 5.74) is 0.655. The zero-order chi connectivity index (χ0) is 13.8. The minimum atomic E-state index is -0.146. The molecule has 0 spiro atoms. The van der Waals surface area contributed by atoms with Crippen LogP contribution in [0.15, 0.2) is 0 Å². The summed E-state index contributed by atoms with van der Waals surface area (Å²) >= 11 is 4.59. The van der Waals surface area contributed by atoms with Crippen LogP contribution in [-0.4, -0.2) is 38.8 Å². The molecule has 1 amide bonds. The Morgan fingerprint density at radius 3 is 2.61 bits per heavy atom. The van der Waals surface area contributed by atoms with Crippen molar-refractivity contribution in [2.24, 2.45) is 0 Å². The van der Waals surface area contributed by atoms with Crippen molar-refractivity contribution in [3.8, 4) is 0 Å². The molecule has 0 radical (unpaired) electrons. The van der Waals surface area contributed by atoms with Crippen LogP contribution in [0.3, 0.4) is 0 Å². The fourth-order valence-corrected chi connectivity index (χ4v) is 2.71. The highest BCUT2D eigenvalue weighted by Crippen LogP contribution is 2.26. The van der Waals surface area contributed by atoms with E-state index in [1.807, 2.05) is 11.8 Å². The Morgan fingerprint density at radius 2 is 2.11 bits per heavy atom. The standard InChI is InChI=1S/C12H20BrN3OS/c1-5-16(8-6-7-13)11(17)9-10(12(2,3)4)14-15-18-9/h5-8H2,1-4H3. The number of alkyl halides is 1. The van der Waals surface area contributed by atoms with Gasteiger partial charge in [-0.15, -0.1) is 5.10 Å². The van der Waals surface area contributed by atoms with E-state index in [4.69, 9.17) is 0 Å². The zero-order valence-corrected chi connectivity index (χ0v) is 13.8. The van der Waals surface area contributed by atoms with Crippen molar-refractivity contribution in [3.05, 3.63) is 10.6 Å². The predicted molar refractivity (Wildman–Crippen MR) is 78.6 cm³/mol. The summed E-state index contributed by atoms with van der Waals surface area (Å²) in [6, 6.07) is 0. The maximum Gasteiger partial charge on any atom is 0.267 e.